The molecule has 6 aliphatic heterocycles. The second-order valence-electron chi connectivity index (χ2n) is 12.2. The highest BCUT2D eigenvalue weighted by Gasteiger charge is 2.51. The van der Waals surface area contributed by atoms with Crippen LogP contribution in [0.1, 0.15) is 85.5 Å². The number of hydrogen-bond donors (Lipinski definition) is 3. The molecule has 6 heterocycles. The number of guanidine groups is 2. The Balaban J connectivity index is 0.940. The summed E-state index contributed by atoms with van der Waals surface area (Å²) >= 11 is 0. The van der Waals surface area contributed by atoms with Gasteiger partial charge >= 0.3 is 17.9 Å². The summed E-state index contributed by atoms with van der Waals surface area (Å²) in [7, 11) is 0. The van der Waals surface area contributed by atoms with Gasteiger partial charge in [0.25, 0.3) is 0 Å². The van der Waals surface area contributed by atoms with E-state index in [2.05, 4.69) is 39.3 Å². The minimum absolute atomic E-state index is 0.0668. The van der Waals surface area contributed by atoms with Crippen LogP contribution in [0.2, 0.25) is 0 Å². The van der Waals surface area contributed by atoms with E-state index in [0.717, 1.165) is 92.2 Å². The van der Waals surface area contributed by atoms with Crippen molar-refractivity contribution in [3.63, 3.8) is 0 Å². The predicted molar refractivity (Wildman–Crippen MR) is 146 cm³/mol. The molecule has 2 saturated heterocycles. The molecule has 0 saturated carbocycles. The Morgan fingerprint density at radius 1 is 1.00 bits per heavy atom. The molecule has 0 amide bonds. The molecule has 4 N–H and O–H groups in total. The molecule has 39 heavy (non-hydrogen) atoms. The third kappa shape index (κ3) is 4.85. The summed E-state index contributed by atoms with van der Waals surface area (Å²) in [4.78, 5) is 33.1. The molecule has 6 aliphatic rings. The van der Waals surface area contributed by atoms with Crippen molar-refractivity contribution in [3.8, 4) is 0 Å². The van der Waals surface area contributed by atoms with Crippen molar-refractivity contribution in [2.45, 2.75) is 122 Å². The Labute approximate surface area is 231 Å². The minimum Gasteiger partial charge on any atom is -0.462 e. The summed E-state index contributed by atoms with van der Waals surface area (Å²) < 4.78 is 13.8. The summed E-state index contributed by atoms with van der Waals surface area (Å²) in [5, 5.41) is 9.05. The molecule has 10 heteroatoms. The van der Waals surface area contributed by atoms with Crippen LogP contribution in [-0.4, -0.2) is 82.8 Å². The Morgan fingerprint density at radius 3 is 2.51 bits per heavy atom. The number of nitrogens with two attached hydrogens (primary N) is 1. The molecule has 2 fully saturated rings. The Morgan fingerprint density at radius 2 is 1.74 bits per heavy atom. The van der Waals surface area contributed by atoms with Crippen LogP contribution >= 0.6 is 0 Å². The highest BCUT2D eigenvalue weighted by atomic mass is 16.5. The zero-order valence-corrected chi connectivity index (χ0v) is 23.8. The Bertz CT molecular complexity index is 1170. The molecule has 6 atom stereocenters. The summed E-state index contributed by atoms with van der Waals surface area (Å²) in [5.74, 6) is 1.66. The van der Waals surface area contributed by atoms with Gasteiger partial charge in [-0.1, -0.05) is 0 Å². The number of rotatable bonds is 8. The number of unbranched alkanes of at least 4 members (excludes halogenated alkanes) is 2. The first-order valence-electron chi connectivity index (χ1n) is 15.0. The van der Waals surface area contributed by atoms with E-state index in [-0.39, 0.29) is 24.0 Å². The van der Waals surface area contributed by atoms with Gasteiger partial charge in [-0.05, 0) is 72.1 Å². The number of hydrogen-bond acceptors (Lipinski definition) is 8. The lowest BCUT2D eigenvalue weighted by Gasteiger charge is -2.42. The quantitative estimate of drug-likeness (QED) is 0.241. The second-order valence-corrected chi connectivity index (χ2v) is 12.2. The fourth-order valence-electron chi connectivity index (χ4n) is 7.69. The molecular weight excluding hydrogens is 496 g/mol. The SMILES string of the molecule is CC1=C(C(=O)OCCCCCOC(=O)C2=C(C)[NH2+]C3=[N+]4[C@H](CC[C@@H]24)C[C@H](C)N3)[C@@H]2CC[C@@H]3C[C@H](C)N=C(N1)N32. The number of carbonyl (C=O) groups excluding carboxylic acids is 2. The first-order chi connectivity index (χ1) is 18.8. The van der Waals surface area contributed by atoms with Gasteiger partial charge in [0.2, 0.25) is 0 Å². The smallest absolute Gasteiger partial charge is 0.446 e. The van der Waals surface area contributed by atoms with Crippen molar-refractivity contribution in [2.75, 3.05) is 13.2 Å². The van der Waals surface area contributed by atoms with Crippen LogP contribution in [-0.2, 0) is 19.1 Å². The number of ether oxygens (including phenoxy) is 2. The summed E-state index contributed by atoms with van der Waals surface area (Å²) in [6, 6.07) is 1.93. The average Bonchev–Trinajstić information content (AvgIpc) is 3.48. The third-order valence-corrected chi connectivity index (χ3v) is 9.35. The zero-order chi connectivity index (χ0) is 27.3. The van der Waals surface area contributed by atoms with E-state index < -0.39 is 0 Å². The molecular formula is C29H44N6O4+2. The fourth-order valence-corrected chi connectivity index (χ4v) is 7.69. The molecule has 0 bridgehead atoms. The van der Waals surface area contributed by atoms with E-state index in [0.29, 0.717) is 37.4 Å². The monoisotopic (exact) mass is 540 g/mol. The molecule has 6 rings (SSSR count). The van der Waals surface area contributed by atoms with Crippen LogP contribution in [0.25, 0.3) is 0 Å². The first-order valence-corrected chi connectivity index (χ1v) is 15.0. The second kappa shape index (κ2) is 10.6. The summed E-state index contributed by atoms with van der Waals surface area (Å²) in [5.41, 5.74) is 3.44. The lowest BCUT2D eigenvalue weighted by atomic mass is 10.0. The number of nitrogens with zero attached hydrogens (tertiary/aromatic N) is 3. The van der Waals surface area contributed by atoms with Gasteiger partial charge < -0.3 is 19.7 Å². The van der Waals surface area contributed by atoms with E-state index >= 15 is 0 Å². The fraction of sp³-hybridized carbons (Fsp3) is 0.724. The normalized spacial score (nSPS) is 32.8. The van der Waals surface area contributed by atoms with Gasteiger partial charge in [0, 0.05) is 25.1 Å². The van der Waals surface area contributed by atoms with E-state index in [9.17, 15) is 9.59 Å². The third-order valence-electron chi connectivity index (χ3n) is 9.35. The topological polar surface area (TPSA) is 112 Å². The number of carbonyl (C=O) groups is 2. The van der Waals surface area contributed by atoms with Gasteiger partial charge in [0.1, 0.15) is 29.4 Å². The van der Waals surface area contributed by atoms with Crippen LogP contribution in [0.4, 0.5) is 0 Å². The average molecular weight is 541 g/mol. The molecule has 0 aromatic heterocycles. The zero-order valence-electron chi connectivity index (χ0n) is 23.8. The molecule has 0 aromatic carbocycles. The lowest BCUT2D eigenvalue weighted by Crippen LogP contribution is -2.94. The van der Waals surface area contributed by atoms with Crippen molar-refractivity contribution >= 4 is 23.9 Å². The Hall–Kier alpha value is -2.88. The number of nitrogens with one attached hydrogen (secondary N) is 2. The molecule has 0 aliphatic carbocycles. The van der Waals surface area contributed by atoms with Gasteiger partial charge in [0.15, 0.2) is 5.96 Å². The van der Waals surface area contributed by atoms with E-state index in [1.165, 1.54) is 0 Å². The lowest BCUT2D eigenvalue weighted by molar-refractivity contribution is -0.660. The molecule has 0 spiro atoms. The van der Waals surface area contributed by atoms with Crippen LogP contribution in [0.15, 0.2) is 27.5 Å². The molecule has 0 radical (unpaired) electrons. The number of esters is 2. The van der Waals surface area contributed by atoms with Crippen molar-refractivity contribution < 1.29 is 29.0 Å². The van der Waals surface area contributed by atoms with Crippen LogP contribution < -0.4 is 16.0 Å². The highest BCUT2D eigenvalue weighted by molar-refractivity contribution is 5.96. The van der Waals surface area contributed by atoms with Gasteiger partial charge in [0.05, 0.1) is 30.9 Å². The van der Waals surface area contributed by atoms with E-state index in [4.69, 9.17) is 14.5 Å². The first kappa shape index (κ1) is 26.3. The Kier molecular flexibility index (Phi) is 7.16. The summed E-state index contributed by atoms with van der Waals surface area (Å²) in [6.07, 6.45) is 8.67. The maximum atomic E-state index is 13.1. The van der Waals surface area contributed by atoms with Crippen molar-refractivity contribution in [3.05, 3.63) is 22.5 Å². The maximum Gasteiger partial charge on any atom is 0.446 e. The molecule has 0 unspecified atom stereocenters. The van der Waals surface area contributed by atoms with Crippen LogP contribution in [0.5, 0.6) is 0 Å². The van der Waals surface area contributed by atoms with Gasteiger partial charge in [-0.2, -0.15) is 0 Å². The standard InChI is InChI=1S/C29H42N6O4/c1-16-14-20-8-10-22-24(18(3)32-28(30-16)34(20)22)26(36)38-12-6-5-7-13-39-27(37)25-19(4)33-29-31-17(2)15-21-9-11-23(25)35(21)29/h16-17,20-23H,5-15H2,1-4H3,(H2,30,31,32,33,36,37)/p+2/t16-,17-,20+,21+,22-,23-/m0/s1. The predicted octanol–water partition coefficient (Wildman–Crippen LogP) is 1.23. The molecule has 0 aromatic rings. The number of aliphatic imine (C=N–C) groups is 1. The largest absolute Gasteiger partial charge is 0.462 e. The van der Waals surface area contributed by atoms with Crippen molar-refractivity contribution in [1.82, 2.24) is 15.5 Å². The van der Waals surface area contributed by atoms with Crippen molar-refractivity contribution in [2.24, 2.45) is 4.99 Å². The highest BCUT2D eigenvalue weighted by Crippen LogP contribution is 2.38. The molecule has 10 nitrogen and oxygen atoms in total. The molecule has 212 valence electrons. The van der Waals surface area contributed by atoms with Gasteiger partial charge in [-0.25, -0.2) is 29.8 Å². The van der Waals surface area contributed by atoms with E-state index in [1.54, 1.807) is 0 Å². The van der Waals surface area contributed by atoms with Crippen LogP contribution in [0.3, 0.4) is 0 Å². The number of quaternary nitrogens is 1. The van der Waals surface area contributed by atoms with Gasteiger partial charge in [-0.3, -0.25) is 0 Å². The number of allylic oxidation sites excluding steroid dienone is 2. The van der Waals surface area contributed by atoms with Gasteiger partial charge in [-0.15, -0.1) is 0 Å². The maximum absolute atomic E-state index is 13.1. The van der Waals surface area contributed by atoms with E-state index in [1.807, 2.05) is 13.8 Å². The van der Waals surface area contributed by atoms with Crippen LogP contribution in [0, 0.1) is 0 Å². The minimum atomic E-state index is -0.224. The summed E-state index contributed by atoms with van der Waals surface area (Å²) in [6.45, 7) is 9.11. The van der Waals surface area contributed by atoms with Crippen molar-refractivity contribution in [1.29, 1.82) is 0 Å².